The number of nitrogens with one attached hydrogen (secondary N) is 4. The van der Waals surface area contributed by atoms with Gasteiger partial charge in [-0.15, -0.1) is 0 Å². The van der Waals surface area contributed by atoms with E-state index in [9.17, 15) is 24.0 Å². The van der Waals surface area contributed by atoms with Gasteiger partial charge < -0.3 is 35.5 Å². The molecule has 5 amide bonds. The number of nitrogens with zero attached hydrogens (tertiary/aromatic N) is 2. The molecule has 2 aliphatic heterocycles. The molecule has 2 saturated heterocycles. The topological polar surface area (TPSA) is 153 Å². The summed E-state index contributed by atoms with van der Waals surface area (Å²) in [6.45, 7) is 10.1. The molecule has 0 aliphatic carbocycles. The summed E-state index contributed by atoms with van der Waals surface area (Å²) < 4.78 is 5.48. The Morgan fingerprint density at radius 1 is 0.847 bits per heavy atom. The van der Waals surface area contributed by atoms with E-state index in [1.165, 1.54) is 0 Å². The van der Waals surface area contributed by atoms with Crippen LogP contribution in [0.1, 0.15) is 78.7 Å². The van der Waals surface area contributed by atoms with Gasteiger partial charge >= 0.3 is 6.09 Å². The Morgan fingerprint density at radius 3 is 2.17 bits per heavy atom. The van der Waals surface area contributed by atoms with Gasteiger partial charge in [0.1, 0.15) is 23.7 Å². The van der Waals surface area contributed by atoms with Crippen LogP contribution < -0.4 is 16.0 Å². The van der Waals surface area contributed by atoms with Crippen molar-refractivity contribution in [1.29, 1.82) is 0 Å². The maximum atomic E-state index is 14.0. The van der Waals surface area contributed by atoms with Gasteiger partial charge in [-0.25, -0.2) is 4.79 Å². The molecular formula is C47H56N6O6. The van der Waals surface area contributed by atoms with Crippen molar-refractivity contribution in [3.63, 3.8) is 0 Å². The number of aromatic nitrogens is 1. The first kappa shape index (κ1) is 42.4. The van der Waals surface area contributed by atoms with Crippen LogP contribution in [0.15, 0.2) is 103 Å². The van der Waals surface area contributed by atoms with Crippen molar-refractivity contribution in [2.75, 3.05) is 23.7 Å². The lowest BCUT2D eigenvalue weighted by molar-refractivity contribution is -0.138. The lowest BCUT2D eigenvalue weighted by atomic mass is 10.0. The highest BCUT2D eigenvalue weighted by Crippen LogP contribution is 2.29. The van der Waals surface area contributed by atoms with Gasteiger partial charge in [-0.05, 0) is 121 Å². The minimum Gasteiger partial charge on any atom is -0.444 e. The van der Waals surface area contributed by atoms with Gasteiger partial charge in [-0.2, -0.15) is 0 Å². The van der Waals surface area contributed by atoms with Crippen LogP contribution in [0.2, 0.25) is 0 Å². The van der Waals surface area contributed by atoms with Crippen LogP contribution in [-0.2, 0) is 30.3 Å². The Bertz CT molecular complexity index is 2200. The highest BCUT2D eigenvalue weighted by atomic mass is 16.6. The Morgan fingerprint density at radius 2 is 1.49 bits per heavy atom. The zero-order valence-electron chi connectivity index (χ0n) is 34.7. The Balaban J connectivity index is 1.08. The number of carbonyl (C=O) groups is 5. The molecule has 0 unspecified atom stereocenters. The third-order valence-electron chi connectivity index (χ3n) is 10.6. The lowest BCUT2D eigenvalue weighted by Crippen LogP contribution is -2.53. The summed E-state index contributed by atoms with van der Waals surface area (Å²) in [6.07, 6.45) is 9.16. The van der Waals surface area contributed by atoms with Gasteiger partial charge in [0.25, 0.3) is 0 Å². The van der Waals surface area contributed by atoms with Crippen LogP contribution in [0, 0.1) is 0 Å². The molecule has 0 saturated carbocycles. The van der Waals surface area contributed by atoms with E-state index in [0.29, 0.717) is 56.6 Å². The maximum absolute atomic E-state index is 14.0. The summed E-state index contributed by atoms with van der Waals surface area (Å²) in [4.78, 5) is 73.6. The molecular weight excluding hydrogens is 745 g/mol. The first-order valence-corrected chi connectivity index (χ1v) is 20.5. The number of likely N-dealkylation sites (tertiary alicyclic amines) is 2. The fraction of sp³-hybridized carbons (Fsp3) is 0.383. The Kier molecular flexibility index (Phi) is 13.7. The Hall–Kier alpha value is -6.17. The van der Waals surface area contributed by atoms with Crippen molar-refractivity contribution in [2.24, 2.45) is 0 Å². The highest BCUT2D eigenvalue weighted by molar-refractivity contribution is 6.01. The first-order chi connectivity index (χ1) is 28.3. The normalized spacial score (nSPS) is 17.6. The second kappa shape index (κ2) is 19.1. The van der Waals surface area contributed by atoms with E-state index in [2.05, 4.69) is 20.9 Å². The number of alkyl carbamates (subject to hydrolysis) is 1. The summed E-state index contributed by atoms with van der Waals surface area (Å²) in [7, 11) is 0. The van der Waals surface area contributed by atoms with Crippen molar-refractivity contribution in [3.05, 3.63) is 108 Å². The monoisotopic (exact) mass is 800 g/mol. The predicted octanol–water partition coefficient (Wildman–Crippen LogP) is 8.13. The van der Waals surface area contributed by atoms with Crippen LogP contribution in [0.5, 0.6) is 0 Å². The molecule has 4 aromatic rings. The van der Waals surface area contributed by atoms with E-state index in [-0.39, 0.29) is 30.0 Å². The number of benzene rings is 3. The number of hydrogen-bond donors (Lipinski definition) is 4. The second-order valence-electron chi connectivity index (χ2n) is 16.4. The van der Waals surface area contributed by atoms with Crippen molar-refractivity contribution < 1.29 is 28.7 Å². The van der Waals surface area contributed by atoms with E-state index in [1.807, 2.05) is 111 Å². The molecule has 6 rings (SSSR count). The predicted molar refractivity (Wildman–Crippen MR) is 232 cm³/mol. The van der Waals surface area contributed by atoms with Crippen LogP contribution >= 0.6 is 0 Å². The molecule has 2 aliphatic rings. The van der Waals surface area contributed by atoms with E-state index in [4.69, 9.17) is 4.74 Å². The molecule has 3 heterocycles. The summed E-state index contributed by atoms with van der Waals surface area (Å²) in [6, 6.07) is 22.6. The van der Waals surface area contributed by atoms with Crippen molar-refractivity contribution in [1.82, 2.24) is 20.1 Å². The number of H-pyrrole nitrogens is 1. The summed E-state index contributed by atoms with van der Waals surface area (Å²) >= 11 is 0. The summed E-state index contributed by atoms with van der Waals surface area (Å²) in [5, 5.41) is 9.68. The van der Waals surface area contributed by atoms with Crippen molar-refractivity contribution in [3.8, 4) is 11.3 Å². The number of hydrogen-bond acceptors (Lipinski definition) is 6. The zero-order chi connectivity index (χ0) is 42.1. The van der Waals surface area contributed by atoms with Gasteiger partial charge in [0.2, 0.25) is 23.6 Å². The van der Waals surface area contributed by atoms with Gasteiger partial charge in [-0.1, -0.05) is 66.3 Å². The third-order valence-corrected chi connectivity index (χ3v) is 10.6. The SMILES string of the molecule is C/C=C\C/C=C(\C)C[C@@H](NC(=O)OC(C)(C)C)C(=O)N1CCC[C@H]1C(=O)Nc1ccc2[nH]c(-c3ccc(NC(=O)[C@@H]4CCCN4C(=O)Cc4ccccc4)cc3)cc2c1. The number of fused-ring (bicyclic) bond motifs is 1. The second-order valence-corrected chi connectivity index (χ2v) is 16.4. The highest BCUT2D eigenvalue weighted by Gasteiger charge is 2.38. The Labute approximate surface area is 346 Å². The van der Waals surface area contributed by atoms with Gasteiger partial charge in [0.05, 0.1) is 6.42 Å². The number of ether oxygens (including phenoxy) is 1. The maximum Gasteiger partial charge on any atom is 0.408 e. The van der Waals surface area contributed by atoms with Gasteiger partial charge in [0.15, 0.2) is 0 Å². The fourth-order valence-corrected chi connectivity index (χ4v) is 7.72. The third kappa shape index (κ3) is 11.3. The van der Waals surface area contributed by atoms with Gasteiger partial charge in [0, 0.05) is 41.1 Å². The zero-order valence-corrected chi connectivity index (χ0v) is 34.7. The number of aromatic amines is 1. The lowest BCUT2D eigenvalue weighted by Gasteiger charge is -2.29. The van der Waals surface area contributed by atoms with Crippen LogP contribution in [0.3, 0.4) is 0 Å². The van der Waals surface area contributed by atoms with E-state index in [0.717, 1.165) is 39.7 Å². The smallest absolute Gasteiger partial charge is 0.408 e. The number of allylic oxidation sites excluding steroid dienone is 3. The number of carbonyl (C=O) groups excluding carboxylic acids is 5. The quantitative estimate of drug-likeness (QED) is 0.100. The standard InChI is InChI=1S/C47H56N6O6/c1-6-7-9-14-31(2)27-39(51-46(58)59-47(3,4)5)45(57)53-26-13-18-41(53)44(56)49-36-23-24-37-34(29-36)30-38(50-37)33-19-21-35(22-20-33)48-43(55)40-17-12-25-52(40)42(54)28-32-15-10-8-11-16-32/h6-8,10-11,14-16,19-24,29-30,39-41,50H,9,12-13,17-18,25-28H2,1-5H3,(H,48,55)(H,49,56)(H,51,58)/b7-6-,31-14+/t39-,40+,41+/m1/s1. The fourth-order valence-electron chi connectivity index (χ4n) is 7.72. The van der Waals surface area contributed by atoms with Crippen LogP contribution in [0.4, 0.5) is 16.2 Å². The van der Waals surface area contributed by atoms with E-state index < -0.39 is 29.8 Å². The minimum atomic E-state index is -0.890. The molecule has 12 nitrogen and oxygen atoms in total. The first-order valence-electron chi connectivity index (χ1n) is 20.5. The molecule has 4 N–H and O–H groups in total. The van der Waals surface area contributed by atoms with Crippen molar-refractivity contribution in [2.45, 2.75) is 103 Å². The van der Waals surface area contributed by atoms with E-state index in [1.54, 1.807) is 30.6 Å². The van der Waals surface area contributed by atoms with E-state index >= 15 is 0 Å². The van der Waals surface area contributed by atoms with Crippen LogP contribution in [-0.4, -0.2) is 81.3 Å². The summed E-state index contributed by atoms with van der Waals surface area (Å²) in [5.41, 5.74) is 5.03. The molecule has 0 radical (unpaired) electrons. The number of rotatable bonds is 13. The molecule has 59 heavy (non-hydrogen) atoms. The largest absolute Gasteiger partial charge is 0.444 e. The van der Waals surface area contributed by atoms with Gasteiger partial charge in [-0.3, -0.25) is 19.2 Å². The molecule has 310 valence electrons. The molecule has 3 atom stereocenters. The average Bonchev–Trinajstić information content (AvgIpc) is 3.98. The molecule has 3 aromatic carbocycles. The van der Waals surface area contributed by atoms with Crippen molar-refractivity contribution >= 4 is 52.0 Å². The van der Waals surface area contributed by atoms with Crippen LogP contribution in [0.25, 0.3) is 22.2 Å². The molecule has 1 aromatic heterocycles. The number of anilines is 2. The average molecular weight is 801 g/mol. The molecule has 2 fully saturated rings. The number of amides is 5. The molecule has 0 bridgehead atoms. The molecule has 12 heteroatoms. The molecule has 0 spiro atoms. The summed E-state index contributed by atoms with van der Waals surface area (Å²) in [5.74, 6) is -0.851. The minimum absolute atomic E-state index is 0.0470.